The molecule has 0 aromatic rings. The van der Waals surface area contributed by atoms with E-state index in [1.54, 1.807) is 0 Å². The molecule has 0 bridgehead atoms. The summed E-state index contributed by atoms with van der Waals surface area (Å²) in [7, 11) is -0.987. The van der Waals surface area contributed by atoms with Crippen molar-refractivity contribution in [2.45, 2.75) is 44.4 Å². The van der Waals surface area contributed by atoms with Gasteiger partial charge in [-0.05, 0) is 12.0 Å². The summed E-state index contributed by atoms with van der Waals surface area (Å²) in [6.45, 7) is 7.07. The summed E-state index contributed by atoms with van der Waals surface area (Å²) in [6, 6.07) is 0. The predicted molar refractivity (Wildman–Crippen MR) is 46.0 cm³/mol. The predicted octanol–water partition coefficient (Wildman–Crippen LogP) is 2.45. The summed E-state index contributed by atoms with van der Waals surface area (Å²) in [6.07, 6.45) is 2.92. The quantitative estimate of drug-likeness (QED) is 0.533. The molecule has 0 unspecified atom stereocenters. The fourth-order valence-electron chi connectivity index (χ4n) is 1.55. The van der Waals surface area contributed by atoms with Gasteiger partial charge in [0.1, 0.15) is 5.78 Å². The van der Waals surface area contributed by atoms with Crippen LogP contribution in [0.2, 0.25) is 25.2 Å². The van der Waals surface area contributed by atoms with Crippen LogP contribution in [0.4, 0.5) is 0 Å². The summed E-state index contributed by atoms with van der Waals surface area (Å²) < 4.78 is 0. The number of carbonyl (C=O) groups excluding carboxylic acids is 1. The van der Waals surface area contributed by atoms with Gasteiger partial charge in [-0.25, -0.2) is 0 Å². The standard InChI is InChI=1S/C8H16OSi/c1-10(2,3)8-5-4-7(9)6-8/h8H,4-6H2,1-3H3/t8-/m1/s1. The molecule has 0 heterocycles. The Balaban J connectivity index is 2.53. The second-order valence-corrected chi connectivity index (χ2v) is 9.89. The normalized spacial score (nSPS) is 27.5. The van der Waals surface area contributed by atoms with Crippen molar-refractivity contribution in [1.82, 2.24) is 0 Å². The zero-order valence-electron chi connectivity index (χ0n) is 7.11. The maximum Gasteiger partial charge on any atom is 0.132 e. The molecule has 0 amide bonds. The second-order valence-electron chi connectivity index (χ2n) is 4.34. The van der Waals surface area contributed by atoms with Crippen LogP contribution < -0.4 is 0 Å². The van der Waals surface area contributed by atoms with Crippen molar-refractivity contribution in [2.24, 2.45) is 0 Å². The fraction of sp³-hybridized carbons (Fsp3) is 0.875. The first kappa shape index (κ1) is 7.99. The Morgan fingerprint density at radius 1 is 1.40 bits per heavy atom. The molecule has 0 aromatic carbocycles. The van der Waals surface area contributed by atoms with Crippen molar-refractivity contribution >= 4 is 13.9 Å². The maximum absolute atomic E-state index is 10.9. The largest absolute Gasteiger partial charge is 0.300 e. The molecular weight excluding hydrogens is 140 g/mol. The molecule has 1 atom stereocenters. The number of carbonyl (C=O) groups is 1. The van der Waals surface area contributed by atoms with E-state index in [9.17, 15) is 4.79 Å². The number of hydrogen-bond acceptors (Lipinski definition) is 1. The van der Waals surface area contributed by atoms with Crippen LogP contribution in [0.15, 0.2) is 0 Å². The highest BCUT2D eigenvalue weighted by molar-refractivity contribution is 6.77. The summed E-state index contributed by atoms with van der Waals surface area (Å²) in [4.78, 5) is 10.9. The van der Waals surface area contributed by atoms with Crippen molar-refractivity contribution in [2.75, 3.05) is 0 Å². The lowest BCUT2D eigenvalue weighted by molar-refractivity contribution is -0.117. The Morgan fingerprint density at radius 3 is 2.20 bits per heavy atom. The number of Topliss-reactive ketones (excluding diaryl/α,β-unsaturated/α-hetero) is 1. The van der Waals surface area contributed by atoms with Gasteiger partial charge >= 0.3 is 0 Å². The fourth-order valence-corrected chi connectivity index (χ4v) is 3.40. The molecule has 2 heteroatoms. The second kappa shape index (κ2) is 2.49. The van der Waals surface area contributed by atoms with Crippen LogP contribution >= 0.6 is 0 Å². The minimum atomic E-state index is -0.987. The first-order valence-corrected chi connectivity index (χ1v) is 7.59. The van der Waals surface area contributed by atoms with Crippen molar-refractivity contribution in [3.63, 3.8) is 0 Å². The maximum atomic E-state index is 10.9. The van der Waals surface area contributed by atoms with Crippen LogP contribution in [0.3, 0.4) is 0 Å². The van der Waals surface area contributed by atoms with Gasteiger partial charge in [0.2, 0.25) is 0 Å². The van der Waals surface area contributed by atoms with Gasteiger partial charge in [-0.2, -0.15) is 0 Å². The van der Waals surface area contributed by atoms with Crippen molar-refractivity contribution in [1.29, 1.82) is 0 Å². The molecule has 0 radical (unpaired) electrons. The van der Waals surface area contributed by atoms with Crippen molar-refractivity contribution in [3.8, 4) is 0 Å². The van der Waals surface area contributed by atoms with E-state index in [1.165, 1.54) is 6.42 Å². The minimum absolute atomic E-state index is 0.493. The minimum Gasteiger partial charge on any atom is -0.300 e. The Kier molecular flexibility index (Phi) is 1.99. The van der Waals surface area contributed by atoms with E-state index >= 15 is 0 Å². The first-order chi connectivity index (χ1) is 4.50. The smallest absolute Gasteiger partial charge is 0.132 e. The van der Waals surface area contributed by atoms with Crippen molar-refractivity contribution < 1.29 is 4.79 Å². The summed E-state index contributed by atoms with van der Waals surface area (Å²) in [5, 5.41) is 0. The Morgan fingerprint density at radius 2 is 2.00 bits per heavy atom. The van der Waals surface area contributed by atoms with E-state index in [2.05, 4.69) is 19.6 Å². The molecule has 1 fully saturated rings. The highest BCUT2D eigenvalue weighted by Crippen LogP contribution is 2.36. The van der Waals surface area contributed by atoms with E-state index in [0.717, 1.165) is 18.4 Å². The Hall–Kier alpha value is -0.113. The van der Waals surface area contributed by atoms with Crippen molar-refractivity contribution in [3.05, 3.63) is 0 Å². The molecule has 10 heavy (non-hydrogen) atoms. The highest BCUT2D eigenvalue weighted by Gasteiger charge is 2.32. The van der Waals surface area contributed by atoms with Crippen LogP contribution in [0, 0.1) is 0 Å². The molecule has 0 spiro atoms. The Bertz CT molecular complexity index is 146. The van der Waals surface area contributed by atoms with Crippen LogP contribution in [-0.2, 0) is 4.79 Å². The molecule has 0 N–H and O–H groups in total. The molecule has 1 nitrogen and oxygen atoms in total. The first-order valence-electron chi connectivity index (χ1n) is 4.02. The third kappa shape index (κ3) is 1.69. The lowest BCUT2D eigenvalue weighted by Gasteiger charge is -2.23. The van der Waals surface area contributed by atoms with Gasteiger partial charge in [-0.1, -0.05) is 19.6 Å². The molecule has 1 aliphatic rings. The number of rotatable bonds is 1. The number of hydrogen-bond donors (Lipinski definition) is 0. The highest BCUT2D eigenvalue weighted by atomic mass is 28.3. The average Bonchev–Trinajstić information content (AvgIpc) is 2.11. The third-order valence-electron chi connectivity index (χ3n) is 2.47. The van der Waals surface area contributed by atoms with E-state index in [0.29, 0.717) is 5.78 Å². The van der Waals surface area contributed by atoms with Gasteiger partial charge in [0.15, 0.2) is 0 Å². The van der Waals surface area contributed by atoms with Gasteiger partial charge in [0.05, 0.1) is 0 Å². The molecule has 0 aliphatic heterocycles. The molecule has 0 aromatic heterocycles. The lowest BCUT2D eigenvalue weighted by atomic mass is 10.4. The molecule has 58 valence electrons. The zero-order valence-corrected chi connectivity index (χ0v) is 8.11. The molecule has 0 saturated heterocycles. The van der Waals surface area contributed by atoms with Gasteiger partial charge in [-0.3, -0.25) is 4.79 Å². The van der Waals surface area contributed by atoms with Gasteiger partial charge in [0.25, 0.3) is 0 Å². The molecule has 1 aliphatic carbocycles. The van der Waals surface area contributed by atoms with Gasteiger partial charge < -0.3 is 0 Å². The molecule has 1 saturated carbocycles. The van der Waals surface area contributed by atoms with Crippen LogP contribution in [0.5, 0.6) is 0 Å². The van der Waals surface area contributed by atoms with Gasteiger partial charge in [0, 0.05) is 20.9 Å². The SMILES string of the molecule is C[Si](C)(C)[C@@H]1CCC(=O)C1. The zero-order chi connectivity index (χ0) is 7.78. The van der Waals surface area contributed by atoms with E-state index in [1.807, 2.05) is 0 Å². The van der Waals surface area contributed by atoms with Crippen LogP contribution in [0.25, 0.3) is 0 Å². The topological polar surface area (TPSA) is 17.1 Å². The van der Waals surface area contributed by atoms with Gasteiger partial charge in [-0.15, -0.1) is 0 Å². The summed E-state index contributed by atoms with van der Waals surface area (Å²) in [5.41, 5.74) is 0.778. The third-order valence-corrected chi connectivity index (χ3v) is 5.41. The summed E-state index contributed by atoms with van der Waals surface area (Å²) >= 11 is 0. The van der Waals surface area contributed by atoms with E-state index < -0.39 is 8.07 Å². The van der Waals surface area contributed by atoms with Crippen LogP contribution in [-0.4, -0.2) is 13.9 Å². The average molecular weight is 156 g/mol. The monoisotopic (exact) mass is 156 g/mol. The van der Waals surface area contributed by atoms with E-state index in [-0.39, 0.29) is 0 Å². The lowest BCUT2D eigenvalue weighted by Crippen LogP contribution is -2.26. The van der Waals surface area contributed by atoms with Crippen LogP contribution in [0.1, 0.15) is 19.3 Å². The molecule has 1 rings (SSSR count). The Labute approximate surface area is 63.8 Å². The molecular formula is C8H16OSi. The summed E-state index contributed by atoms with van der Waals surface area (Å²) in [5.74, 6) is 0.493. The van der Waals surface area contributed by atoms with E-state index in [4.69, 9.17) is 0 Å². The number of ketones is 1.